The first-order chi connectivity index (χ1) is 12.7. The van der Waals surface area contributed by atoms with Gasteiger partial charge in [0.25, 0.3) is 0 Å². The molecule has 0 unspecified atom stereocenters. The quantitative estimate of drug-likeness (QED) is 0.667. The number of carbonyl (C=O) groups is 1. The first-order valence-corrected chi connectivity index (χ1v) is 8.49. The molecule has 2 heterocycles. The summed E-state index contributed by atoms with van der Waals surface area (Å²) in [4.78, 5) is 20.3. The van der Waals surface area contributed by atoms with Crippen LogP contribution in [0.4, 0.5) is 0 Å². The molecule has 132 valence electrons. The maximum Gasteiger partial charge on any atom is 0.244 e. The van der Waals surface area contributed by atoms with E-state index >= 15 is 0 Å². The molecular formula is C20H21N5O. The van der Waals surface area contributed by atoms with Crippen LogP contribution in [0.25, 0.3) is 5.82 Å². The van der Waals surface area contributed by atoms with Gasteiger partial charge in [-0.3, -0.25) is 4.79 Å². The van der Waals surface area contributed by atoms with E-state index in [4.69, 9.17) is 0 Å². The maximum atomic E-state index is 12.1. The van der Waals surface area contributed by atoms with Gasteiger partial charge in [-0.25, -0.2) is 14.6 Å². The Morgan fingerprint density at radius 2 is 2.00 bits per heavy atom. The highest BCUT2D eigenvalue weighted by atomic mass is 16.1. The van der Waals surface area contributed by atoms with Gasteiger partial charge in [0.2, 0.25) is 5.91 Å². The molecule has 0 fully saturated rings. The first kappa shape index (κ1) is 17.5. The zero-order valence-corrected chi connectivity index (χ0v) is 14.7. The highest BCUT2D eigenvalue weighted by Gasteiger charge is 2.02. The number of nitrogens with zero attached hydrogens (tertiary/aromatic N) is 4. The predicted octanol–water partition coefficient (Wildman–Crippen LogP) is 2.86. The molecule has 6 heteroatoms. The van der Waals surface area contributed by atoms with Crippen LogP contribution in [0.3, 0.4) is 0 Å². The van der Waals surface area contributed by atoms with Gasteiger partial charge in [0, 0.05) is 18.8 Å². The number of hydrogen-bond acceptors (Lipinski definition) is 4. The Labute approximate surface area is 152 Å². The van der Waals surface area contributed by atoms with Crippen LogP contribution in [0.15, 0.2) is 73.0 Å². The lowest BCUT2D eigenvalue weighted by atomic mass is 10.1. The number of rotatable bonds is 7. The number of carbonyl (C=O) groups excluding carboxylic acids is 1. The molecule has 3 aromatic rings. The van der Waals surface area contributed by atoms with Crippen LogP contribution in [-0.2, 0) is 17.8 Å². The van der Waals surface area contributed by atoms with Gasteiger partial charge in [0.1, 0.15) is 12.7 Å². The number of allylic oxidation sites excluding steroid dienone is 1. The van der Waals surface area contributed by atoms with Crippen LogP contribution >= 0.6 is 0 Å². The fraction of sp³-hybridized carbons (Fsp3) is 0.200. The van der Waals surface area contributed by atoms with Crippen LogP contribution in [0.1, 0.15) is 24.5 Å². The van der Waals surface area contributed by atoms with Crippen molar-refractivity contribution < 1.29 is 4.79 Å². The second-order valence-corrected chi connectivity index (χ2v) is 6.06. The van der Waals surface area contributed by atoms with Crippen molar-refractivity contribution in [2.45, 2.75) is 26.3 Å². The molecule has 0 atom stereocenters. The highest BCUT2D eigenvalue weighted by molar-refractivity contribution is 5.88. The van der Waals surface area contributed by atoms with Crippen molar-refractivity contribution in [1.82, 2.24) is 25.1 Å². The number of aryl methyl sites for hydroxylation is 1. The lowest BCUT2D eigenvalue weighted by molar-refractivity contribution is -0.116. The molecule has 0 saturated heterocycles. The number of benzene rings is 1. The van der Waals surface area contributed by atoms with E-state index in [-0.39, 0.29) is 5.91 Å². The monoisotopic (exact) mass is 347 g/mol. The van der Waals surface area contributed by atoms with E-state index in [1.165, 1.54) is 11.9 Å². The topological polar surface area (TPSA) is 72.7 Å². The minimum absolute atomic E-state index is 0.0871. The number of hydrogen-bond donors (Lipinski definition) is 1. The van der Waals surface area contributed by atoms with Crippen molar-refractivity contribution in [1.29, 1.82) is 0 Å². The molecule has 6 nitrogen and oxygen atoms in total. The smallest absolute Gasteiger partial charge is 0.244 e. The average Bonchev–Trinajstić information content (AvgIpc) is 3.21. The number of pyridine rings is 1. The van der Waals surface area contributed by atoms with Gasteiger partial charge < -0.3 is 5.32 Å². The molecule has 0 aliphatic heterocycles. The van der Waals surface area contributed by atoms with Crippen molar-refractivity contribution in [3.8, 4) is 5.82 Å². The standard InChI is InChI=1S/C20H21N5O/c1-16(7-8-17-5-3-2-4-6-17)11-20(26)23-13-18-9-10-19(22-12-18)25-15-21-14-24-25/h2-6,9-12,14-15H,7-8,13H2,1H3,(H,23,26)/b16-11-. The number of amides is 1. The summed E-state index contributed by atoms with van der Waals surface area (Å²) in [5.41, 5.74) is 3.27. The molecule has 0 bridgehead atoms. The van der Waals surface area contributed by atoms with Gasteiger partial charge >= 0.3 is 0 Å². The summed E-state index contributed by atoms with van der Waals surface area (Å²) in [7, 11) is 0. The first-order valence-electron chi connectivity index (χ1n) is 8.49. The lowest BCUT2D eigenvalue weighted by Crippen LogP contribution is -2.21. The Morgan fingerprint density at radius 3 is 2.69 bits per heavy atom. The molecule has 26 heavy (non-hydrogen) atoms. The van der Waals surface area contributed by atoms with Gasteiger partial charge in [0.05, 0.1) is 0 Å². The Hall–Kier alpha value is -3.28. The predicted molar refractivity (Wildman–Crippen MR) is 99.5 cm³/mol. The minimum Gasteiger partial charge on any atom is -0.348 e. The summed E-state index contributed by atoms with van der Waals surface area (Å²) in [6.45, 7) is 2.42. The third-order valence-corrected chi connectivity index (χ3v) is 3.96. The van der Waals surface area contributed by atoms with Crippen LogP contribution < -0.4 is 5.32 Å². The van der Waals surface area contributed by atoms with Gasteiger partial charge in [0.15, 0.2) is 5.82 Å². The Kier molecular flexibility index (Phi) is 5.88. The summed E-state index contributed by atoms with van der Waals surface area (Å²) in [6.07, 6.45) is 8.24. The Morgan fingerprint density at radius 1 is 1.15 bits per heavy atom. The van der Waals surface area contributed by atoms with E-state index in [0.29, 0.717) is 12.4 Å². The zero-order valence-electron chi connectivity index (χ0n) is 14.7. The molecule has 0 aliphatic rings. The lowest BCUT2D eigenvalue weighted by Gasteiger charge is -2.05. The molecule has 1 N–H and O–H groups in total. The molecule has 3 rings (SSSR count). The average molecular weight is 347 g/mol. The third-order valence-electron chi connectivity index (χ3n) is 3.96. The third kappa shape index (κ3) is 5.11. The van der Waals surface area contributed by atoms with E-state index in [9.17, 15) is 4.79 Å². The van der Waals surface area contributed by atoms with Gasteiger partial charge in [-0.1, -0.05) is 42.0 Å². The second-order valence-electron chi connectivity index (χ2n) is 6.06. The second kappa shape index (κ2) is 8.71. The Balaban J connectivity index is 1.47. The summed E-state index contributed by atoms with van der Waals surface area (Å²) in [5.74, 6) is 0.602. The fourth-order valence-corrected chi connectivity index (χ4v) is 2.51. The molecule has 0 saturated carbocycles. The van der Waals surface area contributed by atoms with Gasteiger partial charge in [-0.05, 0) is 37.0 Å². The van der Waals surface area contributed by atoms with Crippen molar-refractivity contribution in [3.63, 3.8) is 0 Å². The summed E-state index contributed by atoms with van der Waals surface area (Å²) < 4.78 is 1.58. The maximum absolute atomic E-state index is 12.1. The SMILES string of the molecule is C/C(=C/C(=O)NCc1ccc(-n2cncn2)nc1)CCc1ccccc1. The molecule has 1 aromatic carbocycles. The molecule has 0 aliphatic carbocycles. The number of aromatic nitrogens is 4. The normalized spacial score (nSPS) is 11.3. The molecule has 0 spiro atoms. The number of nitrogens with one attached hydrogen (secondary N) is 1. The van der Waals surface area contributed by atoms with Crippen LogP contribution in [0.5, 0.6) is 0 Å². The minimum atomic E-state index is -0.0871. The van der Waals surface area contributed by atoms with Crippen LogP contribution in [0.2, 0.25) is 0 Å². The fourth-order valence-electron chi connectivity index (χ4n) is 2.51. The van der Waals surface area contributed by atoms with Crippen molar-refractivity contribution >= 4 is 5.91 Å². The summed E-state index contributed by atoms with van der Waals surface area (Å²) in [6, 6.07) is 14.0. The van der Waals surface area contributed by atoms with E-state index in [2.05, 4.69) is 32.5 Å². The van der Waals surface area contributed by atoms with Crippen LogP contribution in [0, 0.1) is 0 Å². The van der Waals surface area contributed by atoms with Crippen molar-refractivity contribution in [2.24, 2.45) is 0 Å². The van der Waals surface area contributed by atoms with E-state index in [1.54, 1.807) is 23.3 Å². The molecular weight excluding hydrogens is 326 g/mol. The Bertz CT molecular complexity index is 855. The molecule has 2 aromatic heterocycles. The van der Waals surface area contributed by atoms with Crippen molar-refractivity contribution in [2.75, 3.05) is 0 Å². The van der Waals surface area contributed by atoms with E-state index in [1.807, 2.05) is 37.3 Å². The summed E-state index contributed by atoms with van der Waals surface area (Å²) in [5, 5.41) is 6.92. The highest BCUT2D eigenvalue weighted by Crippen LogP contribution is 2.08. The molecule has 1 amide bonds. The van der Waals surface area contributed by atoms with Crippen LogP contribution in [-0.4, -0.2) is 25.7 Å². The van der Waals surface area contributed by atoms with Gasteiger partial charge in [-0.15, -0.1) is 0 Å². The van der Waals surface area contributed by atoms with Crippen molar-refractivity contribution in [3.05, 3.63) is 84.1 Å². The largest absolute Gasteiger partial charge is 0.348 e. The molecule has 0 radical (unpaired) electrons. The van der Waals surface area contributed by atoms with E-state index in [0.717, 1.165) is 24.0 Å². The van der Waals surface area contributed by atoms with Gasteiger partial charge in [-0.2, -0.15) is 5.10 Å². The van der Waals surface area contributed by atoms with E-state index < -0.39 is 0 Å². The zero-order chi connectivity index (χ0) is 18.2. The summed E-state index contributed by atoms with van der Waals surface area (Å²) >= 11 is 0.